The number of nitrogens with zero attached hydrogens (tertiary/aromatic N) is 3. The second-order valence-electron chi connectivity index (χ2n) is 8.48. The van der Waals surface area contributed by atoms with E-state index in [9.17, 15) is 13.2 Å². The zero-order valence-corrected chi connectivity index (χ0v) is 22.0. The van der Waals surface area contributed by atoms with Gasteiger partial charge < -0.3 is 9.30 Å². The van der Waals surface area contributed by atoms with Crippen molar-refractivity contribution in [3.05, 3.63) is 101 Å². The van der Waals surface area contributed by atoms with Crippen molar-refractivity contribution in [2.24, 2.45) is 7.05 Å². The van der Waals surface area contributed by atoms with Crippen molar-refractivity contribution in [1.29, 1.82) is 0 Å². The van der Waals surface area contributed by atoms with Gasteiger partial charge in [-0.15, -0.1) is 12.4 Å². The lowest BCUT2D eigenvalue weighted by Gasteiger charge is -2.25. The second kappa shape index (κ2) is 12.1. The molecule has 0 unspecified atom stereocenters. The molecule has 4 aromatic rings. The average Bonchev–Trinajstić information content (AvgIpc) is 2.85. The number of rotatable bonds is 10. The molecule has 2 aromatic carbocycles. The number of benzene rings is 2. The third kappa shape index (κ3) is 6.65. The number of sulfonamides is 1. The first-order valence-corrected chi connectivity index (χ1v) is 13.3. The summed E-state index contributed by atoms with van der Waals surface area (Å²) in [4.78, 5) is 16.0. The van der Waals surface area contributed by atoms with Crippen molar-refractivity contribution < 1.29 is 13.2 Å². The highest BCUT2D eigenvalue weighted by molar-refractivity contribution is 7.92. The molecule has 190 valence electrons. The summed E-state index contributed by atoms with van der Waals surface area (Å²) in [5.41, 5.74) is 3.55. The first-order valence-electron chi connectivity index (χ1n) is 11.5. The van der Waals surface area contributed by atoms with Gasteiger partial charge in [0.15, 0.2) is 0 Å². The minimum atomic E-state index is -3.47. The maximum absolute atomic E-state index is 12.7. The van der Waals surface area contributed by atoms with E-state index in [1.54, 1.807) is 23.9 Å². The van der Waals surface area contributed by atoms with E-state index in [-0.39, 0.29) is 18.0 Å². The molecule has 0 aliphatic carbocycles. The van der Waals surface area contributed by atoms with Crippen molar-refractivity contribution >= 4 is 39.0 Å². The van der Waals surface area contributed by atoms with Crippen LogP contribution in [-0.4, -0.2) is 37.4 Å². The van der Waals surface area contributed by atoms with Gasteiger partial charge in [0.05, 0.1) is 24.1 Å². The van der Waals surface area contributed by atoms with Crippen LogP contribution in [0.3, 0.4) is 0 Å². The Morgan fingerprint density at radius 2 is 1.81 bits per heavy atom. The predicted octanol–water partition coefficient (Wildman–Crippen LogP) is 4.38. The van der Waals surface area contributed by atoms with Crippen LogP contribution in [0.2, 0.25) is 0 Å². The van der Waals surface area contributed by atoms with E-state index >= 15 is 0 Å². The Hall–Kier alpha value is -3.36. The fraction of sp³-hybridized carbons (Fsp3) is 0.259. The molecule has 0 aliphatic heterocycles. The van der Waals surface area contributed by atoms with Crippen LogP contribution in [-0.2, 0) is 29.9 Å². The fourth-order valence-electron chi connectivity index (χ4n) is 4.11. The van der Waals surface area contributed by atoms with Crippen LogP contribution in [0, 0.1) is 0 Å². The number of aryl methyl sites for hydroxylation is 3. The molecule has 0 bridgehead atoms. The molecule has 0 spiro atoms. The summed E-state index contributed by atoms with van der Waals surface area (Å²) in [6.45, 7) is 0.673. The second-order valence-corrected chi connectivity index (χ2v) is 10.4. The van der Waals surface area contributed by atoms with Gasteiger partial charge in [-0.1, -0.05) is 24.3 Å². The molecule has 0 atom stereocenters. The molecule has 0 aliphatic rings. The van der Waals surface area contributed by atoms with E-state index in [0.29, 0.717) is 37.4 Å². The summed E-state index contributed by atoms with van der Waals surface area (Å²) in [6.07, 6.45) is 6.82. The van der Waals surface area contributed by atoms with E-state index in [0.717, 1.165) is 28.5 Å². The van der Waals surface area contributed by atoms with E-state index < -0.39 is 10.0 Å². The van der Waals surface area contributed by atoms with Crippen LogP contribution < -0.4 is 14.6 Å². The maximum atomic E-state index is 12.7. The van der Waals surface area contributed by atoms with Gasteiger partial charge >= 0.3 is 0 Å². The zero-order chi connectivity index (χ0) is 24.8. The SMILES string of the molecule is Cl.Cn1c(=O)ccc2cc(OCCCN(c3ccccc3CCc3cccnc3)S(C)(=O)=O)ccc21. The standard InChI is InChI=1S/C27H29N3O4S.ClH/c1-29-25-14-13-24(19-23(25)12-15-27(29)31)34-18-6-17-30(35(2,32)33)26-9-4-3-8-22(26)11-10-21-7-5-16-28-20-21;/h3-5,7-9,12-16,19-20H,6,10-11,17-18H2,1-2H3;1H. The summed E-state index contributed by atoms with van der Waals surface area (Å²) in [6, 6.07) is 20.4. The Kier molecular flexibility index (Phi) is 9.12. The molecule has 0 fully saturated rings. The molecular formula is C27H30ClN3O4S. The van der Waals surface area contributed by atoms with Gasteiger partial charge in [-0.3, -0.25) is 14.1 Å². The lowest BCUT2D eigenvalue weighted by Crippen LogP contribution is -2.32. The molecular weight excluding hydrogens is 498 g/mol. The van der Waals surface area contributed by atoms with Gasteiger partial charge in [-0.05, 0) is 60.4 Å². The highest BCUT2D eigenvalue weighted by Crippen LogP contribution is 2.25. The van der Waals surface area contributed by atoms with E-state index in [1.165, 1.54) is 16.6 Å². The quantitative estimate of drug-likeness (QED) is 0.286. The summed E-state index contributed by atoms with van der Waals surface area (Å²) >= 11 is 0. The van der Waals surface area contributed by atoms with Gasteiger partial charge in [0.1, 0.15) is 5.75 Å². The Bertz CT molecular complexity index is 1470. The summed E-state index contributed by atoms with van der Waals surface area (Å²) < 4.78 is 34.3. The minimum absolute atomic E-state index is 0. The number of anilines is 1. The molecule has 2 aromatic heterocycles. The molecule has 36 heavy (non-hydrogen) atoms. The van der Waals surface area contributed by atoms with Crippen LogP contribution in [0.15, 0.2) is 83.9 Å². The molecule has 0 amide bonds. The first kappa shape index (κ1) is 27.2. The third-order valence-corrected chi connectivity index (χ3v) is 7.12. The fourth-order valence-corrected chi connectivity index (χ4v) is 5.10. The first-order chi connectivity index (χ1) is 16.8. The smallest absolute Gasteiger partial charge is 0.250 e. The molecule has 0 N–H and O–H groups in total. The van der Waals surface area contributed by atoms with Crippen molar-refractivity contribution in [1.82, 2.24) is 9.55 Å². The number of pyridine rings is 2. The normalized spacial score (nSPS) is 11.2. The number of para-hydroxylation sites is 1. The Balaban J connectivity index is 0.00000361. The number of ether oxygens (including phenoxy) is 1. The minimum Gasteiger partial charge on any atom is -0.494 e. The van der Waals surface area contributed by atoms with Crippen LogP contribution in [0.4, 0.5) is 5.69 Å². The Labute approximate surface area is 217 Å². The van der Waals surface area contributed by atoms with Crippen molar-refractivity contribution in [3.63, 3.8) is 0 Å². The number of hydrogen-bond donors (Lipinski definition) is 0. The summed E-state index contributed by atoms with van der Waals surface area (Å²) in [7, 11) is -1.74. The molecule has 4 rings (SSSR count). The van der Waals surface area contributed by atoms with Crippen LogP contribution in [0.5, 0.6) is 5.75 Å². The molecule has 7 nitrogen and oxygen atoms in total. The molecule has 0 saturated heterocycles. The summed E-state index contributed by atoms with van der Waals surface area (Å²) in [5.74, 6) is 0.680. The highest BCUT2D eigenvalue weighted by atomic mass is 35.5. The largest absolute Gasteiger partial charge is 0.494 e. The predicted molar refractivity (Wildman–Crippen MR) is 147 cm³/mol. The van der Waals surface area contributed by atoms with E-state index in [4.69, 9.17) is 4.74 Å². The van der Waals surface area contributed by atoms with E-state index in [2.05, 4.69) is 4.98 Å². The number of aromatic nitrogens is 2. The topological polar surface area (TPSA) is 81.5 Å². The number of halogens is 1. The molecule has 9 heteroatoms. The lowest BCUT2D eigenvalue weighted by atomic mass is 10.0. The third-order valence-electron chi connectivity index (χ3n) is 5.94. The van der Waals surface area contributed by atoms with Crippen LogP contribution in [0.1, 0.15) is 17.5 Å². The lowest BCUT2D eigenvalue weighted by molar-refractivity contribution is 0.314. The summed E-state index contributed by atoms with van der Waals surface area (Å²) in [5, 5.41) is 0.907. The van der Waals surface area contributed by atoms with Crippen LogP contribution in [0.25, 0.3) is 10.9 Å². The monoisotopic (exact) mass is 527 g/mol. The van der Waals surface area contributed by atoms with Gasteiger partial charge in [0, 0.05) is 43.9 Å². The van der Waals surface area contributed by atoms with Gasteiger partial charge in [0.25, 0.3) is 5.56 Å². The highest BCUT2D eigenvalue weighted by Gasteiger charge is 2.20. The van der Waals surface area contributed by atoms with Crippen molar-refractivity contribution in [3.8, 4) is 5.75 Å². The van der Waals surface area contributed by atoms with E-state index in [1.807, 2.05) is 60.8 Å². The maximum Gasteiger partial charge on any atom is 0.250 e. The van der Waals surface area contributed by atoms with Crippen molar-refractivity contribution in [2.75, 3.05) is 23.7 Å². The molecule has 0 saturated carbocycles. The number of hydrogen-bond acceptors (Lipinski definition) is 5. The Morgan fingerprint density at radius 3 is 2.56 bits per heavy atom. The average molecular weight is 528 g/mol. The van der Waals surface area contributed by atoms with Gasteiger partial charge in [0.2, 0.25) is 10.0 Å². The molecule has 0 radical (unpaired) electrons. The molecule has 2 heterocycles. The van der Waals surface area contributed by atoms with Crippen molar-refractivity contribution in [2.45, 2.75) is 19.3 Å². The van der Waals surface area contributed by atoms with Gasteiger partial charge in [-0.2, -0.15) is 0 Å². The number of fused-ring (bicyclic) bond motifs is 1. The zero-order valence-electron chi connectivity index (χ0n) is 20.3. The van der Waals surface area contributed by atoms with Crippen LogP contribution >= 0.6 is 12.4 Å². The Morgan fingerprint density at radius 1 is 1.00 bits per heavy atom. The van der Waals surface area contributed by atoms with Gasteiger partial charge in [-0.25, -0.2) is 8.42 Å².